The summed E-state index contributed by atoms with van der Waals surface area (Å²) < 4.78 is 0. The molecule has 0 N–H and O–H groups in total. The molecule has 10 rings (SSSR count). The molecule has 2 aliphatic rings. The molecular formula is C65H52S2. The van der Waals surface area contributed by atoms with E-state index in [0.717, 1.165) is 41.5 Å². The Morgan fingerprint density at radius 2 is 1.01 bits per heavy atom. The first-order valence-electron chi connectivity index (χ1n) is 23.6. The summed E-state index contributed by atoms with van der Waals surface area (Å²) in [6.07, 6.45) is 8.84. The van der Waals surface area contributed by atoms with Crippen LogP contribution < -0.4 is 0 Å². The lowest BCUT2D eigenvalue weighted by atomic mass is 9.57. The number of benzene rings is 6. The Hall–Kier alpha value is -7.04. The molecule has 2 heteroatoms. The van der Waals surface area contributed by atoms with Crippen LogP contribution in [0.5, 0.6) is 0 Å². The predicted octanol–water partition coefficient (Wildman–Crippen LogP) is 16.0. The molecule has 2 unspecified atom stereocenters. The van der Waals surface area contributed by atoms with Crippen LogP contribution in [0.25, 0.3) is 32.0 Å². The molecule has 0 amide bonds. The predicted molar refractivity (Wildman–Crippen MR) is 284 cm³/mol. The molecular weight excluding hydrogens is 845 g/mol. The zero-order chi connectivity index (χ0) is 46.2. The summed E-state index contributed by atoms with van der Waals surface area (Å²) in [6, 6.07) is 61.5. The lowest BCUT2D eigenvalue weighted by molar-refractivity contribution is 0.301. The minimum atomic E-state index is -0.667. The Morgan fingerprint density at radius 3 is 1.57 bits per heavy atom. The lowest BCUT2D eigenvalue weighted by Gasteiger charge is -2.44. The van der Waals surface area contributed by atoms with E-state index in [4.69, 9.17) is 6.42 Å². The summed E-state index contributed by atoms with van der Waals surface area (Å²) >= 11 is 3.75. The second-order valence-electron chi connectivity index (χ2n) is 18.5. The molecule has 6 aromatic carbocycles. The van der Waals surface area contributed by atoms with E-state index in [1.54, 1.807) is 0 Å². The van der Waals surface area contributed by atoms with Gasteiger partial charge < -0.3 is 0 Å². The van der Waals surface area contributed by atoms with Crippen LogP contribution in [0.2, 0.25) is 0 Å². The summed E-state index contributed by atoms with van der Waals surface area (Å²) in [5.74, 6) is 26.1. The van der Waals surface area contributed by atoms with Crippen LogP contribution in [0, 0.1) is 65.1 Å². The third kappa shape index (κ3) is 7.48. The van der Waals surface area contributed by atoms with Crippen molar-refractivity contribution in [1.82, 2.24) is 0 Å². The van der Waals surface area contributed by atoms with Crippen molar-refractivity contribution < 1.29 is 0 Å². The van der Waals surface area contributed by atoms with Crippen LogP contribution in [0.15, 0.2) is 170 Å². The normalized spacial score (nSPS) is 14.6. The Labute approximate surface area is 406 Å². The van der Waals surface area contributed by atoms with Gasteiger partial charge >= 0.3 is 0 Å². The van der Waals surface area contributed by atoms with E-state index < -0.39 is 16.2 Å². The van der Waals surface area contributed by atoms with Crippen LogP contribution in [0.3, 0.4) is 0 Å². The van der Waals surface area contributed by atoms with Gasteiger partial charge in [-0.3, -0.25) is 0 Å². The molecule has 2 aromatic heterocycles. The monoisotopic (exact) mass is 896 g/mol. The first kappa shape index (κ1) is 43.8. The molecule has 2 heterocycles. The second-order valence-corrected chi connectivity index (χ2v) is 20.7. The van der Waals surface area contributed by atoms with E-state index in [1.165, 1.54) is 64.0 Å². The fourth-order valence-corrected chi connectivity index (χ4v) is 13.3. The van der Waals surface area contributed by atoms with Crippen LogP contribution in [0.4, 0.5) is 0 Å². The zero-order valence-electron chi connectivity index (χ0n) is 38.8. The summed E-state index contributed by atoms with van der Waals surface area (Å²) in [6.45, 7) is 11.4. The Morgan fingerprint density at radius 1 is 0.537 bits per heavy atom. The zero-order valence-corrected chi connectivity index (χ0v) is 40.5. The van der Waals surface area contributed by atoms with Gasteiger partial charge in [-0.2, -0.15) is 0 Å². The highest BCUT2D eigenvalue weighted by Gasteiger charge is 2.56. The van der Waals surface area contributed by atoms with Crippen LogP contribution in [0.1, 0.15) is 108 Å². The van der Waals surface area contributed by atoms with Crippen molar-refractivity contribution in [3.05, 3.63) is 224 Å². The van der Waals surface area contributed by atoms with Crippen molar-refractivity contribution in [3.8, 4) is 79.9 Å². The van der Waals surface area contributed by atoms with Gasteiger partial charge in [0.25, 0.3) is 0 Å². The van der Waals surface area contributed by atoms with E-state index in [-0.39, 0.29) is 0 Å². The first-order chi connectivity index (χ1) is 32.7. The fraction of sp³-hybridized carbons (Fsp3) is 0.200. The number of hydrogen-bond acceptors (Lipinski definition) is 2. The molecule has 0 spiro atoms. The standard InChI is InChI=1S/C65H52S2/c1-7-46-20-18-22-49(43-46)38-40-63(6,9-3)65(57-30-16-12-26-53(57)54-27-13-17-31-58(54)65)62-37-35-60(67-62)59-34-36-61(66-59)64(55-28-14-10-24-51(55)52-25-11-15-29-56(52)64)41-39-50-23-19-21-48(44-50)33-32-47(8-2)42-45(4)5/h1,10-31,34-37,43-45,47H,8-9,42H2,2-6H3. The third-order valence-corrected chi connectivity index (χ3v) is 16.7. The quantitative estimate of drug-likeness (QED) is 0.133. The molecule has 8 aromatic rings. The first-order valence-corrected chi connectivity index (χ1v) is 25.2. The van der Waals surface area contributed by atoms with E-state index in [9.17, 15) is 0 Å². The van der Waals surface area contributed by atoms with Gasteiger partial charge in [-0.05, 0) is 137 Å². The largest absolute Gasteiger partial charge is 0.138 e. The number of hydrogen-bond donors (Lipinski definition) is 0. The minimum Gasteiger partial charge on any atom is -0.138 e. The summed E-state index contributed by atoms with van der Waals surface area (Å²) in [5.41, 5.74) is 12.1. The van der Waals surface area contributed by atoms with Gasteiger partial charge in [-0.15, -0.1) is 29.1 Å². The molecule has 0 fully saturated rings. The van der Waals surface area contributed by atoms with Gasteiger partial charge in [0.05, 0.1) is 5.41 Å². The molecule has 2 atom stereocenters. The van der Waals surface area contributed by atoms with Crippen molar-refractivity contribution in [2.24, 2.45) is 17.3 Å². The van der Waals surface area contributed by atoms with E-state index >= 15 is 0 Å². The summed E-state index contributed by atoms with van der Waals surface area (Å²) in [4.78, 5) is 4.96. The molecule has 0 saturated carbocycles. The molecule has 324 valence electrons. The van der Waals surface area contributed by atoms with E-state index in [0.29, 0.717) is 11.8 Å². The Bertz CT molecular complexity index is 3320. The lowest BCUT2D eigenvalue weighted by Crippen LogP contribution is -2.43. The highest BCUT2D eigenvalue weighted by molar-refractivity contribution is 7.22. The van der Waals surface area contributed by atoms with Gasteiger partial charge in [0, 0.05) is 53.1 Å². The topological polar surface area (TPSA) is 0 Å². The van der Waals surface area contributed by atoms with Gasteiger partial charge in [0.15, 0.2) is 0 Å². The molecule has 0 saturated heterocycles. The fourth-order valence-electron chi connectivity index (χ4n) is 10.7. The SMILES string of the molecule is C#Cc1cccc(C#CC(C)(CC)C2(c3ccc(-c4ccc(C5(C#Cc6cccc(C#CC(CC)CC(C)C)c6)c6ccccc6-c6ccccc65)s4)s3)c3ccccc3-c3ccccc32)c1. The Balaban J connectivity index is 1.11. The van der Waals surface area contributed by atoms with Crippen molar-refractivity contribution in [1.29, 1.82) is 0 Å². The highest BCUT2D eigenvalue weighted by atomic mass is 32.1. The van der Waals surface area contributed by atoms with Crippen LogP contribution in [-0.2, 0) is 10.8 Å². The maximum absolute atomic E-state index is 5.83. The Kier molecular flexibility index (Phi) is 11.8. The van der Waals surface area contributed by atoms with E-state index in [2.05, 4.69) is 228 Å². The number of terminal acetylenes is 1. The smallest absolute Gasteiger partial charge is 0.117 e. The minimum absolute atomic E-state index is 0.389. The van der Waals surface area contributed by atoms with Crippen molar-refractivity contribution in [2.45, 2.75) is 64.7 Å². The average molecular weight is 897 g/mol. The highest BCUT2D eigenvalue weighted by Crippen LogP contribution is 2.63. The summed E-state index contributed by atoms with van der Waals surface area (Å²) in [5, 5.41) is 0. The van der Waals surface area contributed by atoms with E-state index in [1.807, 2.05) is 40.9 Å². The molecule has 0 aliphatic heterocycles. The second kappa shape index (κ2) is 18.0. The maximum atomic E-state index is 5.83. The molecule has 0 nitrogen and oxygen atoms in total. The molecule has 0 bridgehead atoms. The summed E-state index contributed by atoms with van der Waals surface area (Å²) in [7, 11) is 0. The number of thiophene rings is 2. The van der Waals surface area contributed by atoms with Gasteiger partial charge in [0.2, 0.25) is 0 Å². The van der Waals surface area contributed by atoms with Crippen molar-refractivity contribution in [2.75, 3.05) is 0 Å². The molecule has 67 heavy (non-hydrogen) atoms. The van der Waals surface area contributed by atoms with Crippen molar-refractivity contribution in [3.63, 3.8) is 0 Å². The maximum Gasteiger partial charge on any atom is 0.117 e. The number of rotatable bonds is 8. The van der Waals surface area contributed by atoms with Gasteiger partial charge in [0.1, 0.15) is 5.41 Å². The van der Waals surface area contributed by atoms with Gasteiger partial charge in [-0.25, -0.2) is 0 Å². The molecule has 0 radical (unpaired) electrons. The van der Waals surface area contributed by atoms with Crippen LogP contribution in [-0.4, -0.2) is 0 Å². The average Bonchev–Trinajstić information content (AvgIpc) is 4.18. The number of fused-ring (bicyclic) bond motifs is 6. The van der Waals surface area contributed by atoms with Crippen molar-refractivity contribution >= 4 is 22.7 Å². The van der Waals surface area contributed by atoms with Gasteiger partial charge in [-0.1, -0.05) is 178 Å². The third-order valence-electron chi connectivity index (χ3n) is 14.1. The van der Waals surface area contributed by atoms with Crippen LogP contribution >= 0.6 is 22.7 Å². The molecule has 2 aliphatic carbocycles.